The quantitative estimate of drug-likeness (QED) is 0.915. The standard InChI is InChI=1S/C19H23N5O2/c1-13-4-5-16(14(2)10-13)22-18-12-20-17(11-21-18)19(26)24-8-6-23(7-9-24)15(3)25/h4-5,10-12H,6-9H2,1-3H3,(H,21,22). The Morgan fingerprint density at radius 1 is 1.00 bits per heavy atom. The molecular weight excluding hydrogens is 330 g/mol. The molecule has 1 N–H and O–H groups in total. The maximum atomic E-state index is 12.5. The minimum Gasteiger partial charge on any atom is -0.339 e. The fourth-order valence-electron chi connectivity index (χ4n) is 2.98. The molecule has 0 unspecified atom stereocenters. The van der Waals surface area contributed by atoms with E-state index in [1.54, 1.807) is 22.9 Å². The number of piperazine rings is 1. The predicted molar refractivity (Wildman–Crippen MR) is 99.4 cm³/mol. The number of aryl methyl sites for hydroxylation is 2. The van der Waals surface area contributed by atoms with Gasteiger partial charge in [0.2, 0.25) is 5.91 Å². The lowest BCUT2D eigenvalue weighted by molar-refractivity contribution is -0.130. The molecule has 0 radical (unpaired) electrons. The van der Waals surface area contributed by atoms with Gasteiger partial charge in [0.1, 0.15) is 11.5 Å². The molecule has 0 spiro atoms. The molecule has 26 heavy (non-hydrogen) atoms. The molecule has 7 heteroatoms. The normalized spacial score (nSPS) is 14.3. The van der Waals surface area contributed by atoms with Gasteiger partial charge in [0.15, 0.2) is 0 Å². The van der Waals surface area contributed by atoms with Gasteiger partial charge in [-0.25, -0.2) is 9.97 Å². The van der Waals surface area contributed by atoms with Crippen LogP contribution in [0.2, 0.25) is 0 Å². The van der Waals surface area contributed by atoms with Gasteiger partial charge in [-0.15, -0.1) is 0 Å². The van der Waals surface area contributed by atoms with Crippen molar-refractivity contribution in [3.63, 3.8) is 0 Å². The lowest BCUT2D eigenvalue weighted by Crippen LogP contribution is -2.50. The fraction of sp³-hybridized carbons (Fsp3) is 0.368. The molecule has 2 amide bonds. The number of carbonyl (C=O) groups is 2. The van der Waals surface area contributed by atoms with Crippen molar-refractivity contribution in [2.45, 2.75) is 20.8 Å². The van der Waals surface area contributed by atoms with Crippen LogP contribution in [-0.4, -0.2) is 57.8 Å². The number of anilines is 2. The second kappa shape index (κ2) is 7.51. The van der Waals surface area contributed by atoms with Crippen LogP contribution in [0.5, 0.6) is 0 Å². The van der Waals surface area contributed by atoms with E-state index in [-0.39, 0.29) is 11.8 Å². The Morgan fingerprint density at radius 2 is 1.69 bits per heavy atom. The van der Waals surface area contributed by atoms with Crippen molar-refractivity contribution in [1.82, 2.24) is 19.8 Å². The molecule has 0 aliphatic carbocycles. The zero-order valence-electron chi connectivity index (χ0n) is 15.3. The number of benzene rings is 1. The Hall–Kier alpha value is -2.96. The molecule has 1 fully saturated rings. The Kier molecular flexibility index (Phi) is 5.16. The van der Waals surface area contributed by atoms with E-state index in [1.807, 2.05) is 26.0 Å². The fourth-order valence-corrected chi connectivity index (χ4v) is 2.98. The molecule has 0 saturated carbocycles. The van der Waals surface area contributed by atoms with Crippen LogP contribution in [0.4, 0.5) is 11.5 Å². The van der Waals surface area contributed by atoms with E-state index in [0.29, 0.717) is 37.7 Å². The van der Waals surface area contributed by atoms with Gasteiger partial charge >= 0.3 is 0 Å². The zero-order chi connectivity index (χ0) is 18.7. The first-order chi connectivity index (χ1) is 12.4. The number of nitrogens with zero attached hydrogens (tertiary/aromatic N) is 4. The third kappa shape index (κ3) is 3.99. The molecule has 1 aliphatic heterocycles. The van der Waals surface area contributed by atoms with E-state index in [0.717, 1.165) is 11.3 Å². The number of amides is 2. The molecular formula is C19H23N5O2. The Morgan fingerprint density at radius 3 is 2.27 bits per heavy atom. The zero-order valence-corrected chi connectivity index (χ0v) is 15.3. The second-order valence-corrected chi connectivity index (χ2v) is 6.53. The Labute approximate surface area is 153 Å². The van der Waals surface area contributed by atoms with E-state index in [2.05, 4.69) is 21.4 Å². The van der Waals surface area contributed by atoms with E-state index in [9.17, 15) is 9.59 Å². The molecule has 3 rings (SSSR count). The summed E-state index contributed by atoms with van der Waals surface area (Å²) >= 11 is 0. The van der Waals surface area contributed by atoms with E-state index < -0.39 is 0 Å². The maximum Gasteiger partial charge on any atom is 0.274 e. The van der Waals surface area contributed by atoms with Gasteiger partial charge < -0.3 is 15.1 Å². The molecule has 1 aromatic carbocycles. The highest BCUT2D eigenvalue weighted by atomic mass is 16.2. The first-order valence-electron chi connectivity index (χ1n) is 8.65. The topological polar surface area (TPSA) is 78.4 Å². The first kappa shape index (κ1) is 17.8. The summed E-state index contributed by atoms with van der Waals surface area (Å²) in [4.78, 5) is 35.9. The van der Waals surface area contributed by atoms with Crippen molar-refractivity contribution in [3.05, 3.63) is 47.4 Å². The summed E-state index contributed by atoms with van der Waals surface area (Å²) in [5, 5.41) is 3.22. The lowest BCUT2D eigenvalue weighted by Gasteiger charge is -2.33. The predicted octanol–water partition coefficient (Wildman–Crippen LogP) is 2.14. The summed E-state index contributed by atoms with van der Waals surface area (Å²) in [5.74, 6) is 0.479. The number of hydrogen-bond donors (Lipinski definition) is 1. The van der Waals surface area contributed by atoms with E-state index in [4.69, 9.17) is 0 Å². The van der Waals surface area contributed by atoms with Gasteiger partial charge in [-0.2, -0.15) is 0 Å². The minimum absolute atomic E-state index is 0.0405. The van der Waals surface area contributed by atoms with Crippen LogP contribution < -0.4 is 5.32 Å². The molecule has 2 aromatic rings. The highest BCUT2D eigenvalue weighted by molar-refractivity contribution is 5.92. The summed E-state index contributed by atoms with van der Waals surface area (Å²) in [6.07, 6.45) is 3.06. The molecule has 1 aliphatic rings. The van der Waals surface area contributed by atoms with Crippen molar-refractivity contribution in [3.8, 4) is 0 Å². The number of nitrogens with one attached hydrogen (secondary N) is 1. The molecule has 0 bridgehead atoms. The molecule has 1 aromatic heterocycles. The van der Waals surface area contributed by atoms with Crippen molar-refractivity contribution in [2.75, 3.05) is 31.5 Å². The van der Waals surface area contributed by atoms with Gasteiger partial charge in [0, 0.05) is 38.8 Å². The van der Waals surface area contributed by atoms with E-state index in [1.165, 1.54) is 11.8 Å². The third-order valence-electron chi connectivity index (χ3n) is 4.53. The van der Waals surface area contributed by atoms with Crippen molar-refractivity contribution < 1.29 is 9.59 Å². The maximum absolute atomic E-state index is 12.5. The molecule has 7 nitrogen and oxygen atoms in total. The van der Waals surface area contributed by atoms with Crippen molar-refractivity contribution in [1.29, 1.82) is 0 Å². The monoisotopic (exact) mass is 353 g/mol. The summed E-state index contributed by atoms with van der Waals surface area (Å²) < 4.78 is 0. The van der Waals surface area contributed by atoms with Crippen LogP contribution in [0, 0.1) is 13.8 Å². The average Bonchev–Trinajstić information content (AvgIpc) is 2.64. The third-order valence-corrected chi connectivity index (χ3v) is 4.53. The summed E-state index contributed by atoms with van der Waals surface area (Å²) in [5.41, 5.74) is 3.59. The Balaban J connectivity index is 1.64. The van der Waals surface area contributed by atoms with E-state index >= 15 is 0 Å². The van der Waals surface area contributed by atoms with Gasteiger partial charge in [0.05, 0.1) is 12.4 Å². The van der Waals surface area contributed by atoms with Crippen LogP contribution in [0.25, 0.3) is 0 Å². The van der Waals surface area contributed by atoms with Crippen LogP contribution in [0.3, 0.4) is 0 Å². The SMILES string of the molecule is CC(=O)N1CCN(C(=O)c2cnc(Nc3ccc(C)cc3C)cn2)CC1. The van der Waals surface area contributed by atoms with Crippen LogP contribution in [-0.2, 0) is 4.79 Å². The minimum atomic E-state index is -0.154. The Bertz CT molecular complexity index is 811. The number of carbonyl (C=O) groups excluding carboxylic acids is 2. The summed E-state index contributed by atoms with van der Waals surface area (Å²) in [6, 6.07) is 6.12. The van der Waals surface area contributed by atoms with Gasteiger partial charge in [-0.1, -0.05) is 17.7 Å². The first-order valence-corrected chi connectivity index (χ1v) is 8.65. The average molecular weight is 353 g/mol. The van der Waals surface area contributed by atoms with Crippen molar-refractivity contribution in [2.24, 2.45) is 0 Å². The smallest absolute Gasteiger partial charge is 0.274 e. The molecule has 1 saturated heterocycles. The highest BCUT2D eigenvalue weighted by Crippen LogP contribution is 2.20. The second-order valence-electron chi connectivity index (χ2n) is 6.53. The van der Waals surface area contributed by atoms with Crippen LogP contribution in [0.1, 0.15) is 28.5 Å². The van der Waals surface area contributed by atoms with Crippen molar-refractivity contribution >= 4 is 23.3 Å². The number of rotatable bonds is 3. The van der Waals surface area contributed by atoms with Gasteiger partial charge in [-0.3, -0.25) is 9.59 Å². The lowest BCUT2D eigenvalue weighted by atomic mass is 10.1. The molecule has 136 valence electrons. The van der Waals surface area contributed by atoms with Gasteiger partial charge in [-0.05, 0) is 25.5 Å². The van der Waals surface area contributed by atoms with Crippen LogP contribution in [0.15, 0.2) is 30.6 Å². The summed E-state index contributed by atoms with van der Waals surface area (Å²) in [7, 11) is 0. The molecule has 2 heterocycles. The number of aromatic nitrogens is 2. The molecule has 0 atom stereocenters. The van der Waals surface area contributed by atoms with Gasteiger partial charge in [0.25, 0.3) is 5.91 Å². The summed E-state index contributed by atoms with van der Waals surface area (Å²) in [6.45, 7) is 7.77. The van der Waals surface area contributed by atoms with Crippen LogP contribution >= 0.6 is 0 Å². The highest BCUT2D eigenvalue weighted by Gasteiger charge is 2.24. The largest absolute Gasteiger partial charge is 0.339 e. The number of hydrogen-bond acceptors (Lipinski definition) is 5.